The molecule has 21 heavy (non-hydrogen) atoms. The maximum Gasteiger partial charge on any atom is 0.229 e. The van der Waals surface area contributed by atoms with Gasteiger partial charge in [-0.15, -0.1) is 0 Å². The summed E-state index contributed by atoms with van der Waals surface area (Å²) in [7, 11) is 0. The highest BCUT2D eigenvalue weighted by Crippen LogP contribution is 2.17. The summed E-state index contributed by atoms with van der Waals surface area (Å²) < 4.78 is 18.8. The van der Waals surface area contributed by atoms with E-state index >= 15 is 0 Å². The van der Waals surface area contributed by atoms with Crippen LogP contribution in [0, 0.1) is 5.82 Å². The maximum atomic E-state index is 13.6. The standard InChI is InChI=1S/C15H13FN4O/c16-12-5-1-2-6-13(12)19-15-17-8-7-14(20-15)18-10-11-4-3-9-21-11/h1-9H,10H2,(H2,17,18,19,20). The number of rotatable bonds is 5. The molecule has 0 fully saturated rings. The quantitative estimate of drug-likeness (QED) is 0.750. The Morgan fingerprint density at radius 3 is 2.81 bits per heavy atom. The minimum absolute atomic E-state index is 0.324. The number of hydrogen-bond acceptors (Lipinski definition) is 5. The fraction of sp³-hybridized carbons (Fsp3) is 0.0667. The Morgan fingerprint density at radius 1 is 1.10 bits per heavy atom. The molecule has 0 aliphatic heterocycles. The molecule has 0 spiro atoms. The first-order valence-corrected chi connectivity index (χ1v) is 6.42. The maximum absolute atomic E-state index is 13.6. The number of nitrogens with zero attached hydrogens (tertiary/aromatic N) is 2. The molecular weight excluding hydrogens is 271 g/mol. The summed E-state index contributed by atoms with van der Waals surface area (Å²) in [6.07, 6.45) is 3.21. The zero-order valence-electron chi connectivity index (χ0n) is 11.1. The summed E-state index contributed by atoms with van der Waals surface area (Å²) in [6, 6.07) is 11.8. The van der Waals surface area contributed by atoms with Gasteiger partial charge in [0.1, 0.15) is 17.4 Å². The predicted octanol–water partition coefficient (Wildman–Crippen LogP) is 3.56. The van der Waals surface area contributed by atoms with Gasteiger partial charge in [0.25, 0.3) is 0 Å². The van der Waals surface area contributed by atoms with Crippen LogP contribution >= 0.6 is 0 Å². The van der Waals surface area contributed by atoms with E-state index in [1.54, 1.807) is 36.7 Å². The van der Waals surface area contributed by atoms with Crippen molar-refractivity contribution < 1.29 is 8.81 Å². The fourth-order valence-electron chi connectivity index (χ4n) is 1.79. The molecule has 2 heterocycles. The molecule has 0 saturated carbocycles. The fourth-order valence-corrected chi connectivity index (χ4v) is 1.79. The lowest BCUT2D eigenvalue weighted by Gasteiger charge is -2.08. The van der Waals surface area contributed by atoms with Crippen molar-refractivity contribution in [3.8, 4) is 0 Å². The molecule has 2 aromatic heterocycles. The van der Waals surface area contributed by atoms with Crippen molar-refractivity contribution in [2.75, 3.05) is 10.6 Å². The normalized spacial score (nSPS) is 10.3. The smallest absolute Gasteiger partial charge is 0.229 e. The number of furan rings is 1. The molecule has 106 valence electrons. The molecule has 0 amide bonds. The van der Waals surface area contributed by atoms with Crippen molar-refractivity contribution in [1.82, 2.24) is 9.97 Å². The van der Waals surface area contributed by atoms with Crippen LogP contribution in [0.2, 0.25) is 0 Å². The third kappa shape index (κ3) is 3.36. The lowest BCUT2D eigenvalue weighted by molar-refractivity contribution is 0.518. The van der Waals surface area contributed by atoms with Gasteiger partial charge >= 0.3 is 0 Å². The van der Waals surface area contributed by atoms with E-state index in [0.29, 0.717) is 24.0 Å². The Kier molecular flexibility index (Phi) is 3.77. The van der Waals surface area contributed by atoms with Crippen molar-refractivity contribution in [3.63, 3.8) is 0 Å². The van der Waals surface area contributed by atoms with Crippen LogP contribution in [0.3, 0.4) is 0 Å². The molecule has 0 bridgehead atoms. The summed E-state index contributed by atoms with van der Waals surface area (Å²) >= 11 is 0. The average Bonchev–Trinajstić information content (AvgIpc) is 3.01. The summed E-state index contributed by atoms with van der Waals surface area (Å²) in [5.41, 5.74) is 0.334. The topological polar surface area (TPSA) is 63.0 Å². The molecular formula is C15H13FN4O. The van der Waals surface area contributed by atoms with Crippen LogP contribution in [0.5, 0.6) is 0 Å². The minimum Gasteiger partial charge on any atom is -0.467 e. The monoisotopic (exact) mass is 284 g/mol. The Morgan fingerprint density at radius 2 is 2.00 bits per heavy atom. The van der Waals surface area contributed by atoms with Crippen molar-refractivity contribution in [2.24, 2.45) is 0 Å². The van der Waals surface area contributed by atoms with Gasteiger partial charge in [-0.05, 0) is 30.3 Å². The Balaban J connectivity index is 1.70. The van der Waals surface area contributed by atoms with Gasteiger partial charge in [-0.3, -0.25) is 0 Å². The van der Waals surface area contributed by atoms with Crippen molar-refractivity contribution >= 4 is 17.5 Å². The number of para-hydroxylation sites is 1. The van der Waals surface area contributed by atoms with E-state index in [-0.39, 0.29) is 5.82 Å². The predicted molar refractivity (Wildman–Crippen MR) is 77.7 cm³/mol. The van der Waals surface area contributed by atoms with Crippen molar-refractivity contribution in [3.05, 3.63) is 66.5 Å². The van der Waals surface area contributed by atoms with Gasteiger partial charge in [0, 0.05) is 6.20 Å². The van der Waals surface area contributed by atoms with Crippen molar-refractivity contribution in [1.29, 1.82) is 0 Å². The van der Waals surface area contributed by atoms with Gasteiger partial charge in [-0.25, -0.2) is 9.37 Å². The molecule has 6 heteroatoms. The first-order valence-electron chi connectivity index (χ1n) is 6.42. The molecule has 3 aromatic rings. The Bertz CT molecular complexity index is 715. The number of hydrogen-bond donors (Lipinski definition) is 2. The van der Waals surface area contributed by atoms with Gasteiger partial charge in [0.05, 0.1) is 18.5 Å². The van der Waals surface area contributed by atoms with Crippen molar-refractivity contribution in [2.45, 2.75) is 6.54 Å². The SMILES string of the molecule is Fc1ccccc1Nc1nccc(NCc2ccco2)n1. The summed E-state index contributed by atoms with van der Waals surface area (Å²) in [5.74, 6) is 1.40. The lowest BCUT2D eigenvalue weighted by Crippen LogP contribution is -2.04. The molecule has 3 rings (SSSR count). The molecule has 0 aliphatic rings. The molecule has 1 aromatic carbocycles. The number of aromatic nitrogens is 2. The summed E-state index contributed by atoms with van der Waals surface area (Å²) in [5, 5.41) is 5.95. The Hall–Kier alpha value is -2.89. The van der Waals surface area contributed by atoms with E-state index in [4.69, 9.17) is 4.42 Å². The van der Waals surface area contributed by atoms with Gasteiger partial charge in [-0.2, -0.15) is 4.98 Å². The summed E-state index contributed by atoms with van der Waals surface area (Å²) in [6.45, 7) is 0.517. The van der Waals surface area contributed by atoms with E-state index in [2.05, 4.69) is 20.6 Å². The largest absolute Gasteiger partial charge is 0.467 e. The highest BCUT2D eigenvalue weighted by Gasteiger charge is 2.04. The van der Waals surface area contributed by atoms with E-state index in [1.165, 1.54) is 6.07 Å². The van der Waals surface area contributed by atoms with E-state index in [9.17, 15) is 4.39 Å². The second-order valence-corrected chi connectivity index (χ2v) is 4.30. The molecule has 2 N–H and O–H groups in total. The number of anilines is 3. The average molecular weight is 284 g/mol. The van der Waals surface area contributed by atoms with Crippen LogP contribution in [0.15, 0.2) is 59.3 Å². The van der Waals surface area contributed by atoms with Crippen LogP contribution < -0.4 is 10.6 Å². The van der Waals surface area contributed by atoms with Crippen LogP contribution in [0.1, 0.15) is 5.76 Å². The molecule has 5 nitrogen and oxygen atoms in total. The molecule has 0 unspecified atom stereocenters. The molecule has 0 saturated heterocycles. The number of halogens is 1. The van der Waals surface area contributed by atoms with Gasteiger partial charge in [-0.1, -0.05) is 12.1 Å². The van der Waals surface area contributed by atoms with Gasteiger partial charge in [0.2, 0.25) is 5.95 Å². The first-order chi connectivity index (χ1) is 10.3. The second kappa shape index (κ2) is 6.04. The lowest BCUT2D eigenvalue weighted by atomic mass is 10.3. The number of nitrogens with one attached hydrogen (secondary N) is 2. The van der Waals surface area contributed by atoms with E-state index in [0.717, 1.165) is 5.76 Å². The Labute approximate surface area is 120 Å². The van der Waals surface area contributed by atoms with Gasteiger partial charge < -0.3 is 15.1 Å². The van der Waals surface area contributed by atoms with Crippen LogP contribution in [-0.2, 0) is 6.54 Å². The van der Waals surface area contributed by atoms with Crippen LogP contribution in [-0.4, -0.2) is 9.97 Å². The highest BCUT2D eigenvalue weighted by atomic mass is 19.1. The first kappa shape index (κ1) is 13.1. The van der Waals surface area contributed by atoms with E-state index < -0.39 is 0 Å². The minimum atomic E-state index is -0.352. The second-order valence-electron chi connectivity index (χ2n) is 4.30. The third-order valence-electron chi connectivity index (χ3n) is 2.80. The molecule has 0 aliphatic carbocycles. The third-order valence-corrected chi connectivity index (χ3v) is 2.80. The zero-order valence-corrected chi connectivity index (χ0v) is 11.1. The zero-order chi connectivity index (χ0) is 14.5. The highest BCUT2D eigenvalue weighted by molar-refractivity contribution is 5.55. The number of benzene rings is 1. The summed E-state index contributed by atoms with van der Waals surface area (Å²) in [4.78, 5) is 8.34. The van der Waals surface area contributed by atoms with Crippen LogP contribution in [0.25, 0.3) is 0 Å². The van der Waals surface area contributed by atoms with E-state index in [1.807, 2.05) is 12.1 Å². The molecule has 0 radical (unpaired) electrons. The van der Waals surface area contributed by atoms with Crippen LogP contribution in [0.4, 0.5) is 21.8 Å². The van der Waals surface area contributed by atoms with Gasteiger partial charge in [0.15, 0.2) is 0 Å². The molecule has 0 atom stereocenters.